The molecule has 0 saturated carbocycles. The van der Waals surface area contributed by atoms with Crippen molar-refractivity contribution in [3.8, 4) is 0 Å². The Labute approximate surface area is 122 Å². The van der Waals surface area contributed by atoms with E-state index in [1.165, 1.54) is 0 Å². The van der Waals surface area contributed by atoms with Gasteiger partial charge in [-0.2, -0.15) is 0 Å². The molecule has 0 aliphatic carbocycles. The van der Waals surface area contributed by atoms with Crippen LogP contribution in [0.4, 0.5) is 0 Å². The van der Waals surface area contributed by atoms with E-state index in [2.05, 4.69) is 13.8 Å². The van der Waals surface area contributed by atoms with E-state index in [1.807, 2.05) is 35.2 Å². The fraction of sp³-hybridized carbons (Fsp3) is 0.588. The smallest absolute Gasteiger partial charge is 0.231 e. The highest BCUT2D eigenvalue weighted by atomic mass is 16.2. The number of amides is 1. The molecule has 3 heteroatoms. The first-order valence-corrected chi connectivity index (χ1v) is 7.69. The van der Waals surface area contributed by atoms with Crippen molar-refractivity contribution in [1.82, 2.24) is 4.90 Å². The zero-order chi connectivity index (χ0) is 14.6. The van der Waals surface area contributed by atoms with Crippen molar-refractivity contribution in [3.63, 3.8) is 0 Å². The van der Waals surface area contributed by atoms with Crippen LogP contribution in [0.3, 0.4) is 0 Å². The molecule has 110 valence electrons. The molecule has 1 saturated heterocycles. The maximum atomic E-state index is 12.7. The third-order valence-electron chi connectivity index (χ3n) is 4.99. The molecule has 1 aliphatic rings. The van der Waals surface area contributed by atoms with Crippen LogP contribution in [0.5, 0.6) is 0 Å². The lowest BCUT2D eigenvalue weighted by atomic mass is 9.82. The minimum absolute atomic E-state index is 0.194. The zero-order valence-electron chi connectivity index (χ0n) is 12.6. The molecular formula is C17H26N2O. The van der Waals surface area contributed by atoms with Crippen LogP contribution in [0.2, 0.25) is 0 Å². The van der Waals surface area contributed by atoms with Crippen molar-refractivity contribution in [3.05, 3.63) is 35.9 Å². The first kappa shape index (κ1) is 15.0. The largest absolute Gasteiger partial charge is 0.342 e. The standard InChI is InChI=1S/C17H26N2O/c1-3-17(4-2)10-11-19(13-17)16(20)15(12-18)14-8-6-5-7-9-14/h5-9,15H,3-4,10-13,18H2,1-2H3. The molecule has 20 heavy (non-hydrogen) atoms. The van der Waals surface area contributed by atoms with Gasteiger partial charge in [-0.25, -0.2) is 0 Å². The second-order valence-corrected chi connectivity index (χ2v) is 5.92. The van der Waals surface area contributed by atoms with Gasteiger partial charge < -0.3 is 10.6 Å². The first-order valence-electron chi connectivity index (χ1n) is 7.69. The molecule has 0 bridgehead atoms. The molecule has 0 spiro atoms. The zero-order valence-corrected chi connectivity index (χ0v) is 12.6. The number of rotatable bonds is 5. The monoisotopic (exact) mass is 274 g/mol. The molecule has 1 aromatic carbocycles. The van der Waals surface area contributed by atoms with Crippen molar-refractivity contribution in [2.24, 2.45) is 11.1 Å². The lowest BCUT2D eigenvalue weighted by molar-refractivity contribution is -0.132. The number of carbonyl (C=O) groups excluding carboxylic acids is 1. The van der Waals surface area contributed by atoms with Crippen LogP contribution >= 0.6 is 0 Å². The molecule has 1 aromatic rings. The van der Waals surface area contributed by atoms with E-state index in [0.717, 1.165) is 37.9 Å². The van der Waals surface area contributed by atoms with Crippen LogP contribution in [0, 0.1) is 5.41 Å². The van der Waals surface area contributed by atoms with Gasteiger partial charge in [0.1, 0.15) is 0 Å². The maximum Gasteiger partial charge on any atom is 0.231 e. The Morgan fingerprint density at radius 2 is 1.95 bits per heavy atom. The molecule has 2 N–H and O–H groups in total. The molecule has 1 atom stereocenters. The molecule has 2 rings (SSSR count). The van der Waals surface area contributed by atoms with Crippen molar-refractivity contribution in [2.45, 2.75) is 39.0 Å². The number of benzene rings is 1. The number of hydrogen-bond donors (Lipinski definition) is 1. The predicted molar refractivity (Wildman–Crippen MR) is 82.4 cm³/mol. The van der Waals surface area contributed by atoms with Gasteiger partial charge in [0.05, 0.1) is 5.92 Å². The molecule has 1 amide bonds. The number of nitrogens with zero attached hydrogens (tertiary/aromatic N) is 1. The van der Waals surface area contributed by atoms with E-state index in [4.69, 9.17) is 5.73 Å². The lowest BCUT2D eigenvalue weighted by Crippen LogP contribution is -2.37. The van der Waals surface area contributed by atoms with E-state index >= 15 is 0 Å². The predicted octanol–water partition coefficient (Wildman–Crippen LogP) is 2.77. The Kier molecular flexibility index (Phi) is 4.81. The van der Waals surface area contributed by atoms with Gasteiger partial charge >= 0.3 is 0 Å². The summed E-state index contributed by atoms with van der Waals surface area (Å²) < 4.78 is 0. The summed E-state index contributed by atoms with van der Waals surface area (Å²) in [6.45, 7) is 6.61. The summed E-state index contributed by atoms with van der Waals surface area (Å²) in [5.74, 6) is 0.00295. The number of carbonyl (C=O) groups is 1. The van der Waals surface area contributed by atoms with E-state index in [9.17, 15) is 4.79 Å². The topological polar surface area (TPSA) is 46.3 Å². The highest BCUT2D eigenvalue weighted by molar-refractivity contribution is 5.84. The summed E-state index contributed by atoms with van der Waals surface area (Å²) in [7, 11) is 0. The van der Waals surface area contributed by atoms with Gasteiger partial charge in [-0.3, -0.25) is 4.79 Å². The molecule has 1 unspecified atom stereocenters. The van der Waals surface area contributed by atoms with Crippen LogP contribution in [0.1, 0.15) is 44.6 Å². The summed E-state index contributed by atoms with van der Waals surface area (Å²) in [6.07, 6.45) is 3.41. The third kappa shape index (κ3) is 2.88. The van der Waals surface area contributed by atoms with Gasteiger partial charge in [-0.05, 0) is 30.2 Å². The summed E-state index contributed by atoms with van der Waals surface area (Å²) >= 11 is 0. The average molecular weight is 274 g/mol. The Morgan fingerprint density at radius 1 is 1.30 bits per heavy atom. The molecule has 3 nitrogen and oxygen atoms in total. The normalized spacial score (nSPS) is 19.1. The van der Waals surface area contributed by atoms with Gasteiger partial charge in [-0.15, -0.1) is 0 Å². The summed E-state index contributed by atoms with van der Waals surface area (Å²) in [5, 5.41) is 0. The van der Waals surface area contributed by atoms with Gasteiger partial charge in [0.25, 0.3) is 0 Å². The Hall–Kier alpha value is -1.35. The minimum atomic E-state index is -0.194. The first-order chi connectivity index (χ1) is 9.65. The lowest BCUT2D eigenvalue weighted by Gasteiger charge is -2.28. The molecule has 1 heterocycles. The maximum absolute atomic E-state index is 12.7. The van der Waals surface area contributed by atoms with Crippen LogP contribution in [-0.2, 0) is 4.79 Å². The Bertz CT molecular complexity index is 440. The van der Waals surface area contributed by atoms with Crippen LogP contribution in [-0.4, -0.2) is 30.4 Å². The molecule has 0 aromatic heterocycles. The van der Waals surface area contributed by atoms with Crippen LogP contribution < -0.4 is 5.73 Å². The van der Waals surface area contributed by atoms with E-state index in [1.54, 1.807) is 0 Å². The second kappa shape index (κ2) is 6.40. The van der Waals surface area contributed by atoms with Crippen molar-refractivity contribution >= 4 is 5.91 Å². The van der Waals surface area contributed by atoms with Crippen molar-refractivity contribution in [1.29, 1.82) is 0 Å². The quantitative estimate of drug-likeness (QED) is 0.897. The van der Waals surface area contributed by atoms with E-state index in [0.29, 0.717) is 12.0 Å². The van der Waals surface area contributed by atoms with Gasteiger partial charge in [0, 0.05) is 19.6 Å². The van der Waals surface area contributed by atoms with Crippen LogP contribution in [0.25, 0.3) is 0 Å². The number of likely N-dealkylation sites (tertiary alicyclic amines) is 1. The van der Waals surface area contributed by atoms with Gasteiger partial charge in [0.2, 0.25) is 5.91 Å². The summed E-state index contributed by atoms with van der Waals surface area (Å²) in [5.41, 5.74) is 7.22. The van der Waals surface area contributed by atoms with E-state index in [-0.39, 0.29) is 11.8 Å². The molecule has 0 radical (unpaired) electrons. The molecule has 1 aliphatic heterocycles. The molecule has 1 fully saturated rings. The Balaban J connectivity index is 2.11. The summed E-state index contributed by atoms with van der Waals surface area (Å²) in [4.78, 5) is 14.8. The third-order valence-corrected chi connectivity index (χ3v) is 4.99. The second-order valence-electron chi connectivity index (χ2n) is 5.92. The number of hydrogen-bond acceptors (Lipinski definition) is 2. The highest BCUT2D eigenvalue weighted by Gasteiger charge is 2.38. The summed E-state index contributed by atoms with van der Waals surface area (Å²) in [6, 6.07) is 9.91. The molecular weight excluding hydrogens is 248 g/mol. The number of nitrogens with two attached hydrogens (primary N) is 1. The minimum Gasteiger partial charge on any atom is -0.342 e. The average Bonchev–Trinajstić information content (AvgIpc) is 2.94. The fourth-order valence-electron chi connectivity index (χ4n) is 3.24. The van der Waals surface area contributed by atoms with Gasteiger partial charge in [0.15, 0.2) is 0 Å². The fourth-order valence-corrected chi connectivity index (χ4v) is 3.24. The van der Waals surface area contributed by atoms with E-state index < -0.39 is 0 Å². The SMILES string of the molecule is CCC1(CC)CCN(C(=O)C(CN)c2ccccc2)C1. The van der Waals surface area contributed by atoms with Gasteiger partial charge in [-0.1, -0.05) is 44.2 Å². The van der Waals surface area contributed by atoms with Crippen LogP contribution in [0.15, 0.2) is 30.3 Å². The van der Waals surface area contributed by atoms with Crippen molar-refractivity contribution < 1.29 is 4.79 Å². The van der Waals surface area contributed by atoms with Crippen molar-refractivity contribution in [2.75, 3.05) is 19.6 Å². The Morgan fingerprint density at radius 3 is 2.45 bits per heavy atom. The highest BCUT2D eigenvalue weighted by Crippen LogP contribution is 2.38.